The maximum Gasteiger partial charge on any atom is 0.336 e. The van der Waals surface area contributed by atoms with Gasteiger partial charge in [-0.2, -0.15) is 5.10 Å². The lowest BCUT2D eigenvalue weighted by Gasteiger charge is -2.08. The van der Waals surface area contributed by atoms with Crippen molar-refractivity contribution in [3.63, 3.8) is 0 Å². The number of carbonyl (C=O) groups excluding carboxylic acids is 1. The summed E-state index contributed by atoms with van der Waals surface area (Å²) in [5.41, 5.74) is 2.82. The van der Waals surface area contributed by atoms with Gasteiger partial charge in [0.05, 0.1) is 23.0 Å². The minimum Gasteiger partial charge on any atom is -0.478 e. The molecule has 0 bridgehead atoms. The summed E-state index contributed by atoms with van der Waals surface area (Å²) in [6.45, 7) is 1.72. The fraction of sp³-hybridized carbons (Fsp3) is 0.312. The second-order valence-electron chi connectivity index (χ2n) is 5.63. The number of hydrogen-bond donors (Lipinski definition) is 2. The van der Waals surface area contributed by atoms with Gasteiger partial charge < -0.3 is 10.4 Å². The van der Waals surface area contributed by atoms with Gasteiger partial charge in [0.1, 0.15) is 0 Å². The maximum atomic E-state index is 12.4. The Balaban J connectivity index is 1.86. The Labute approximate surface area is 127 Å². The number of aromatic nitrogens is 2. The molecular formula is C16H17N3O3. The van der Waals surface area contributed by atoms with E-state index in [0.29, 0.717) is 22.7 Å². The van der Waals surface area contributed by atoms with Crippen LogP contribution in [-0.4, -0.2) is 26.8 Å². The molecule has 0 aliphatic heterocycles. The van der Waals surface area contributed by atoms with E-state index in [0.717, 1.165) is 18.5 Å². The van der Waals surface area contributed by atoms with Gasteiger partial charge in [-0.3, -0.25) is 9.48 Å². The van der Waals surface area contributed by atoms with Gasteiger partial charge in [-0.05, 0) is 37.5 Å². The number of carboxylic acids is 1. The first-order valence-corrected chi connectivity index (χ1v) is 7.14. The maximum absolute atomic E-state index is 12.4. The molecule has 1 aliphatic rings. The second kappa shape index (κ2) is 5.29. The van der Waals surface area contributed by atoms with Crippen LogP contribution in [0.2, 0.25) is 0 Å². The highest BCUT2D eigenvalue weighted by Crippen LogP contribution is 2.41. The minimum absolute atomic E-state index is 0.186. The zero-order valence-corrected chi connectivity index (χ0v) is 12.5. The standard InChI is InChI=1S/C16H17N3O3/c1-9-3-6-11(7-12(9)16(21)22)18-15(20)13-8-17-19(2)14(13)10-4-5-10/h3,6-8,10H,4-5H2,1-2H3,(H,18,20)(H,21,22). The summed E-state index contributed by atoms with van der Waals surface area (Å²) in [5.74, 6) is -0.857. The number of rotatable bonds is 4. The molecule has 2 aromatic rings. The molecule has 1 aromatic carbocycles. The molecule has 1 aromatic heterocycles. The van der Waals surface area contributed by atoms with E-state index in [4.69, 9.17) is 5.11 Å². The van der Waals surface area contributed by atoms with E-state index in [2.05, 4.69) is 10.4 Å². The quantitative estimate of drug-likeness (QED) is 0.908. The summed E-state index contributed by atoms with van der Waals surface area (Å²) in [6.07, 6.45) is 3.72. The predicted octanol–water partition coefficient (Wildman–Crippen LogP) is 2.56. The fourth-order valence-electron chi connectivity index (χ4n) is 2.59. The third-order valence-electron chi connectivity index (χ3n) is 3.92. The van der Waals surface area contributed by atoms with Crippen molar-refractivity contribution in [1.82, 2.24) is 9.78 Å². The van der Waals surface area contributed by atoms with E-state index in [-0.39, 0.29) is 11.5 Å². The second-order valence-corrected chi connectivity index (χ2v) is 5.63. The van der Waals surface area contributed by atoms with Gasteiger partial charge in [0, 0.05) is 18.7 Å². The van der Waals surface area contributed by atoms with Crippen LogP contribution in [0.15, 0.2) is 24.4 Å². The largest absolute Gasteiger partial charge is 0.478 e. The number of carboxylic acid groups (broad SMARTS) is 1. The molecule has 0 spiro atoms. The number of carbonyl (C=O) groups is 2. The molecule has 2 N–H and O–H groups in total. The zero-order chi connectivity index (χ0) is 15.9. The molecule has 1 amide bonds. The van der Waals surface area contributed by atoms with Crippen LogP contribution in [0.25, 0.3) is 0 Å². The molecule has 6 nitrogen and oxygen atoms in total. The average molecular weight is 299 g/mol. The van der Waals surface area contributed by atoms with Crippen LogP contribution in [-0.2, 0) is 7.05 Å². The van der Waals surface area contributed by atoms with Crippen LogP contribution >= 0.6 is 0 Å². The summed E-state index contributed by atoms with van der Waals surface area (Å²) >= 11 is 0. The summed E-state index contributed by atoms with van der Waals surface area (Å²) in [7, 11) is 1.83. The van der Waals surface area contributed by atoms with Gasteiger partial charge in [0.15, 0.2) is 0 Å². The Morgan fingerprint density at radius 2 is 2.05 bits per heavy atom. The topological polar surface area (TPSA) is 84.2 Å². The van der Waals surface area contributed by atoms with Crippen LogP contribution < -0.4 is 5.32 Å². The smallest absolute Gasteiger partial charge is 0.336 e. The average Bonchev–Trinajstić information content (AvgIpc) is 3.23. The summed E-state index contributed by atoms with van der Waals surface area (Å²) in [6, 6.07) is 4.86. The SMILES string of the molecule is Cc1ccc(NC(=O)c2cnn(C)c2C2CC2)cc1C(=O)O. The number of anilines is 1. The van der Waals surface area contributed by atoms with Gasteiger partial charge in [-0.15, -0.1) is 0 Å². The molecule has 1 heterocycles. The number of amides is 1. The summed E-state index contributed by atoms with van der Waals surface area (Å²) in [5, 5.41) is 16.1. The van der Waals surface area contributed by atoms with Crippen LogP contribution in [0.4, 0.5) is 5.69 Å². The predicted molar refractivity (Wildman–Crippen MR) is 81.3 cm³/mol. The van der Waals surface area contributed by atoms with E-state index in [1.807, 2.05) is 7.05 Å². The van der Waals surface area contributed by atoms with Gasteiger partial charge in [-0.1, -0.05) is 6.07 Å². The van der Waals surface area contributed by atoms with Crippen molar-refractivity contribution in [2.75, 3.05) is 5.32 Å². The van der Waals surface area contributed by atoms with Gasteiger partial charge in [-0.25, -0.2) is 4.79 Å². The van der Waals surface area contributed by atoms with Crippen LogP contribution in [0.1, 0.15) is 50.7 Å². The molecule has 22 heavy (non-hydrogen) atoms. The van der Waals surface area contributed by atoms with E-state index in [9.17, 15) is 9.59 Å². The summed E-state index contributed by atoms with van der Waals surface area (Å²) < 4.78 is 1.74. The highest BCUT2D eigenvalue weighted by molar-refractivity contribution is 6.05. The normalized spacial score (nSPS) is 13.9. The zero-order valence-electron chi connectivity index (χ0n) is 12.5. The van der Waals surface area contributed by atoms with E-state index in [1.165, 1.54) is 6.07 Å². The van der Waals surface area contributed by atoms with Crippen molar-refractivity contribution < 1.29 is 14.7 Å². The van der Waals surface area contributed by atoms with E-state index in [1.54, 1.807) is 29.9 Å². The van der Waals surface area contributed by atoms with Gasteiger partial charge in [0.2, 0.25) is 0 Å². The molecule has 114 valence electrons. The Kier molecular flexibility index (Phi) is 3.44. The Hall–Kier alpha value is -2.63. The fourth-order valence-corrected chi connectivity index (χ4v) is 2.59. The number of hydrogen-bond acceptors (Lipinski definition) is 3. The molecule has 0 atom stereocenters. The van der Waals surface area contributed by atoms with Crippen LogP contribution in [0.5, 0.6) is 0 Å². The molecule has 0 saturated heterocycles. The lowest BCUT2D eigenvalue weighted by Crippen LogP contribution is -2.14. The number of aryl methyl sites for hydroxylation is 2. The van der Waals surface area contributed by atoms with Crippen LogP contribution in [0, 0.1) is 6.92 Å². The van der Waals surface area contributed by atoms with Gasteiger partial charge >= 0.3 is 5.97 Å². The third-order valence-corrected chi connectivity index (χ3v) is 3.92. The molecule has 0 unspecified atom stereocenters. The number of nitrogens with zero attached hydrogens (tertiary/aromatic N) is 2. The lowest BCUT2D eigenvalue weighted by atomic mass is 10.1. The molecule has 0 radical (unpaired) electrons. The molecule has 6 heteroatoms. The first-order valence-electron chi connectivity index (χ1n) is 7.14. The van der Waals surface area contributed by atoms with Crippen molar-refractivity contribution in [3.8, 4) is 0 Å². The molecule has 3 rings (SSSR count). The van der Waals surface area contributed by atoms with Crippen LogP contribution in [0.3, 0.4) is 0 Å². The molecule has 1 aliphatic carbocycles. The Bertz CT molecular complexity index is 760. The summed E-state index contributed by atoms with van der Waals surface area (Å²) in [4.78, 5) is 23.6. The highest BCUT2D eigenvalue weighted by atomic mass is 16.4. The highest BCUT2D eigenvalue weighted by Gasteiger charge is 2.31. The third kappa shape index (κ3) is 2.59. The molecule has 1 saturated carbocycles. The minimum atomic E-state index is -1.01. The van der Waals surface area contributed by atoms with Crippen molar-refractivity contribution in [1.29, 1.82) is 0 Å². The van der Waals surface area contributed by atoms with E-state index < -0.39 is 5.97 Å². The van der Waals surface area contributed by atoms with E-state index >= 15 is 0 Å². The first-order chi connectivity index (χ1) is 10.5. The number of benzene rings is 1. The van der Waals surface area contributed by atoms with Crippen molar-refractivity contribution in [2.24, 2.45) is 7.05 Å². The molecular weight excluding hydrogens is 282 g/mol. The Morgan fingerprint density at radius 1 is 1.32 bits per heavy atom. The lowest BCUT2D eigenvalue weighted by molar-refractivity contribution is 0.0695. The Morgan fingerprint density at radius 3 is 2.68 bits per heavy atom. The number of aromatic carboxylic acids is 1. The van der Waals surface area contributed by atoms with Crippen molar-refractivity contribution >= 4 is 17.6 Å². The van der Waals surface area contributed by atoms with Gasteiger partial charge in [0.25, 0.3) is 5.91 Å². The first kappa shape index (κ1) is 14.3. The monoisotopic (exact) mass is 299 g/mol. The van der Waals surface area contributed by atoms with Crippen molar-refractivity contribution in [2.45, 2.75) is 25.7 Å². The van der Waals surface area contributed by atoms with Crippen molar-refractivity contribution in [3.05, 3.63) is 46.8 Å². The number of nitrogens with one attached hydrogen (secondary N) is 1. The molecule has 1 fully saturated rings.